The number of aromatic nitrogens is 2. The number of carbonyl (C=O) groups is 1. The minimum atomic E-state index is -0.276. The van der Waals surface area contributed by atoms with Crippen LogP contribution in [0.4, 0.5) is 17.2 Å². The van der Waals surface area contributed by atoms with Crippen LogP contribution in [0, 0.1) is 6.92 Å². The molecule has 2 rings (SSSR count). The smallest absolute Gasteiger partial charge is 0.276 e. The van der Waals surface area contributed by atoms with E-state index in [0.717, 1.165) is 30.0 Å². The fraction of sp³-hybridized carbons (Fsp3) is 0.316. The molecule has 1 amide bonds. The summed E-state index contributed by atoms with van der Waals surface area (Å²) in [6, 6.07) is 9.39. The maximum atomic E-state index is 12.4. The fourth-order valence-corrected chi connectivity index (χ4v) is 2.48. The SMILES string of the molecule is C=CCNc1ccc(C(=O)Nc2ccc(N(CC)CC)cc2C)nn1. The van der Waals surface area contributed by atoms with E-state index in [2.05, 4.69) is 52.2 Å². The average molecular weight is 339 g/mol. The lowest BCUT2D eigenvalue weighted by molar-refractivity contribution is 0.102. The van der Waals surface area contributed by atoms with Crippen molar-refractivity contribution in [3.63, 3.8) is 0 Å². The summed E-state index contributed by atoms with van der Waals surface area (Å²) in [7, 11) is 0. The first kappa shape index (κ1) is 18.4. The van der Waals surface area contributed by atoms with Gasteiger partial charge in [0.25, 0.3) is 5.91 Å². The van der Waals surface area contributed by atoms with E-state index in [0.29, 0.717) is 12.4 Å². The molecule has 0 aliphatic carbocycles. The second-order valence-electron chi connectivity index (χ2n) is 5.60. The van der Waals surface area contributed by atoms with Crippen molar-refractivity contribution in [1.29, 1.82) is 0 Å². The molecule has 6 nitrogen and oxygen atoms in total. The zero-order valence-electron chi connectivity index (χ0n) is 15.0. The second kappa shape index (κ2) is 8.82. The Kier molecular flexibility index (Phi) is 6.51. The van der Waals surface area contributed by atoms with Crippen molar-refractivity contribution < 1.29 is 4.79 Å². The quantitative estimate of drug-likeness (QED) is 0.721. The highest BCUT2D eigenvalue weighted by molar-refractivity contribution is 6.03. The number of amides is 1. The van der Waals surface area contributed by atoms with E-state index < -0.39 is 0 Å². The standard InChI is InChI=1S/C19H25N5O/c1-5-12-20-18-11-10-17(22-23-18)19(25)21-16-9-8-15(13-14(16)4)24(6-2)7-3/h5,8-11,13H,1,6-7,12H2,2-4H3,(H,20,23)(H,21,25). The molecule has 0 unspecified atom stereocenters. The van der Waals surface area contributed by atoms with Crippen LogP contribution < -0.4 is 15.5 Å². The molecular formula is C19H25N5O. The number of carbonyl (C=O) groups excluding carboxylic acids is 1. The molecular weight excluding hydrogens is 314 g/mol. The normalized spacial score (nSPS) is 10.2. The van der Waals surface area contributed by atoms with Gasteiger partial charge >= 0.3 is 0 Å². The van der Waals surface area contributed by atoms with Gasteiger partial charge in [0.05, 0.1) is 0 Å². The first-order chi connectivity index (χ1) is 12.1. The molecule has 0 aliphatic heterocycles. The van der Waals surface area contributed by atoms with Gasteiger partial charge in [-0.15, -0.1) is 16.8 Å². The van der Waals surface area contributed by atoms with Crippen LogP contribution in [-0.4, -0.2) is 35.7 Å². The number of nitrogens with zero attached hydrogens (tertiary/aromatic N) is 3. The zero-order chi connectivity index (χ0) is 18.2. The molecule has 1 aromatic carbocycles. The minimum Gasteiger partial charge on any atom is -0.372 e. The van der Waals surface area contributed by atoms with Crippen molar-refractivity contribution in [3.05, 3.63) is 54.2 Å². The lowest BCUT2D eigenvalue weighted by Gasteiger charge is -2.22. The van der Waals surface area contributed by atoms with Crippen molar-refractivity contribution in [1.82, 2.24) is 10.2 Å². The monoisotopic (exact) mass is 339 g/mol. The highest BCUT2D eigenvalue weighted by Gasteiger charge is 2.11. The van der Waals surface area contributed by atoms with Gasteiger partial charge < -0.3 is 15.5 Å². The molecule has 1 heterocycles. The topological polar surface area (TPSA) is 70.2 Å². The maximum Gasteiger partial charge on any atom is 0.276 e. The van der Waals surface area contributed by atoms with Gasteiger partial charge in [-0.3, -0.25) is 4.79 Å². The van der Waals surface area contributed by atoms with Crippen molar-refractivity contribution in [2.45, 2.75) is 20.8 Å². The van der Waals surface area contributed by atoms with E-state index >= 15 is 0 Å². The largest absolute Gasteiger partial charge is 0.372 e. The van der Waals surface area contributed by atoms with E-state index in [4.69, 9.17) is 0 Å². The van der Waals surface area contributed by atoms with Crippen LogP contribution in [0.3, 0.4) is 0 Å². The van der Waals surface area contributed by atoms with Crippen LogP contribution in [0.25, 0.3) is 0 Å². The molecule has 0 atom stereocenters. The van der Waals surface area contributed by atoms with Gasteiger partial charge in [-0.1, -0.05) is 6.08 Å². The number of rotatable bonds is 8. The Morgan fingerprint density at radius 2 is 1.96 bits per heavy atom. The van der Waals surface area contributed by atoms with E-state index in [1.807, 2.05) is 19.1 Å². The van der Waals surface area contributed by atoms with Crippen molar-refractivity contribution in [2.24, 2.45) is 0 Å². The molecule has 0 saturated carbocycles. The molecule has 25 heavy (non-hydrogen) atoms. The van der Waals surface area contributed by atoms with E-state index in [1.165, 1.54) is 0 Å². The summed E-state index contributed by atoms with van der Waals surface area (Å²) in [4.78, 5) is 14.6. The molecule has 0 aliphatic rings. The molecule has 132 valence electrons. The molecule has 2 aromatic rings. The van der Waals surface area contributed by atoms with Gasteiger partial charge in [-0.25, -0.2) is 0 Å². The lowest BCUT2D eigenvalue weighted by Crippen LogP contribution is -2.22. The Hall–Kier alpha value is -2.89. The van der Waals surface area contributed by atoms with E-state index in [-0.39, 0.29) is 11.6 Å². The lowest BCUT2D eigenvalue weighted by atomic mass is 10.1. The number of hydrogen-bond donors (Lipinski definition) is 2. The molecule has 0 bridgehead atoms. The van der Waals surface area contributed by atoms with Gasteiger partial charge in [-0.2, -0.15) is 0 Å². The predicted molar refractivity (Wildman–Crippen MR) is 103 cm³/mol. The molecule has 2 N–H and O–H groups in total. The summed E-state index contributed by atoms with van der Waals surface area (Å²) in [5.74, 6) is 0.331. The molecule has 0 fully saturated rings. The van der Waals surface area contributed by atoms with Gasteiger partial charge in [0, 0.05) is 31.0 Å². The Morgan fingerprint density at radius 1 is 1.20 bits per heavy atom. The van der Waals surface area contributed by atoms with Crippen LogP contribution in [0.15, 0.2) is 43.0 Å². The Labute approximate surface area is 149 Å². The maximum absolute atomic E-state index is 12.4. The Balaban J connectivity index is 2.08. The molecule has 0 saturated heterocycles. The van der Waals surface area contributed by atoms with Gasteiger partial charge in [0.1, 0.15) is 5.82 Å². The number of anilines is 3. The summed E-state index contributed by atoms with van der Waals surface area (Å²) in [6.07, 6.45) is 1.73. The number of benzene rings is 1. The average Bonchev–Trinajstić information content (AvgIpc) is 2.63. The summed E-state index contributed by atoms with van der Waals surface area (Å²) in [5.41, 5.74) is 3.21. The second-order valence-corrected chi connectivity index (χ2v) is 5.60. The molecule has 0 radical (unpaired) electrons. The van der Waals surface area contributed by atoms with Gasteiger partial charge in [-0.05, 0) is 56.7 Å². The Morgan fingerprint density at radius 3 is 2.52 bits per heavy atom. The van der Waals surface area contributed by atoms with Crippen LogP contribution >= 0.6 is 0 Å². The third-order valence-electron chi connectivity index (χ3n) is 3.91. The predicted octanol–water partition coefficient (Wildman–Crippen LogP) is 3.48. The third-order valence-corrected chi connectivity index (χ3v) is 3.91. The van der Waals surface area contributed by atoms with Crippen LogP contribution in [0.5, 0.6) is 0 Å². The van der Waals surface area contributed by atoms with Crippen LogP contribution in [-0.2, 0) is 0 Å². The number of hydrogen-bond acceptors (Lipinski definition) is 5. The van der Waals surface area contributed by atoms with Crippen LogP contribution in [0.1, 0.15) is 29.9 Å². The molecule has 6 heteroatoms. The number of aryl methyl sites for hydroxylation is 1. The van der Waals surface area contributed by atoms with Crippen molar-refractivity contribution in [3.8, 4) is 0 Å². The number of nitrogens with one attached hydrogen (secondary N) is 2. The van der Waals surface area contributed by atoms with Crippen molar-refractivity contribution in [2.75, 3.05) is 35.2 Å². The van der Waals surface area contributed by atoms with Crippen LogP contribution in [0.2, 0.25) is 0 Å². The first-order valence-corrected chi connectivity index (χ1v) is 8.44. The summed E-state index contributed by atoms with van der Waals surface area (Å²) in [6.45, 7) is 12.4. The highest BCUT2D eigenvalue weighted by atomic mass is 16.1. The summed E-state index contributed by atoms with van der Waals surface area (Å²) < 4.78 is 0. The van der Waals surface area contributed by atoms with Gasteiger partial charge in [0.2, 0.25) is 0 Å². The Bertz CT molecular complexity index is 723. The van der Waals surface area contributed by atoms with Gasteiger partial charge in [0.15, 0.2) is 5.69 Å². The minimum absolute atomic E-state index is 0.274. The highest BCUT2D eigenvalue weighted by Crippen LogP contribution is 2.23. The fourth-order valence-electron chi connectivity index (χ4n) is 2.48. The molecule has 1 aromatic heterocycles. The zero-order valence-corrected chi connectivity index (χ0v) is 15.0. The molecule has 0 spiro atoms. The van der Waals surface area contributed by atoms with Crippen molar-refractivity contribution >= 4 is 23.1 Å². The summed E-state index contributed by atoms with van der Waals surface area (Å²) >= 11 is 0. The van der Waals surface area contributed by atoms with E-state index in [1.54, 1.807) is 18.2 Å². The van der Waals surface area contributed by atoms with E-state index in [9.17, 15) is 4.79 Å². The summed E-state index contributed by atoms with van der Waals surface area (Å²) in [5, 5.41) is 13.9. The first-order valence-electron chi connectivity index (χ1n) is 8.44. The third kappa shape index (κ3) is 4.79.